The minimum absolute atomic E-state index is 0.249. The number of hydrogen-bond acceptors (Lipinski definition) is 5. The average Bonchev–Trinajstić information content (AvgIpc) is 3.05. The van der Waals surface area contributed by atoms with Crippen molar-refractivity contribution in [1.82, 2.24) is 9.78 Å². The summed E-state index contributed by atoms with van der Waals surface area (Å²) in [5.74, 6) is 0. The first-order chi connectivity index (χ1) is 11.9. The molecule has 2 aromatic carbocycles. The van der Waals surface area contributed by atoms with Gasteiger partial charge in [0.05, 0.1) is 22.0 Å². The number of para-hydroxylation sites is 2. The molecule has 6 nitrogen and oxygen atoms in total. The van der Waals surface area contributed by atoms with E-state index in [2.05, 4.69) is 16.5 Å². The van der Waals surface area contributed by atoms with Crippen molar-refractivity contribution < 1.29 is 8.42 Å². The van der Waals surface area contributed by atoms with Crippen LogP contribution in [0.15, 0.2) is 59.5 Å². The van der Waals surface area contributed by atoms with Crippen LogP contribution in [0.1, 0.15) is 5.69 Å². The topological polar surface area (TPSA) is 87.8 Å². The van der Waals surface area contributed by atoms with Gasteiger partial charge in [0.2, 0.25) is 0 Å². The highest BCUT2D eigenvalue weighted by molar-refractivity contribution is 7.90. The zero-order valence-electron chi connectivity index (χ0n) is 13.8. The summed E-state index contributed by atoms with van der Waals surface area (Å²) >= 11 is 0. The molecular weight excluding hydrogens is 336 g/mol. The van der Waals surface area contributed by atoms with Gasteiger partial charge in [0.1, 0.15) is 6.07 Å². The van der Waals surface area contributed by atoms with Gasteiger partial charge >= 0.3 is 0 Å². The molecule has 0 radical (unpaired) electrons. The number of anilines is 1. The molecule has 1 N–H and O–H groups in total. The van der Waals surface area contributed by atoms with Crippen LogP contribution in [0.3, 0.4) is 0 Å². The Labute approximate surface area is 146 Å². The third kappa shape index (κ3) is 3.25. The summed E-state index contributed by atoms with van der Waals surface area (Å²) in [5.41, 5.74) is 3.43. The van der Waals surface area contributed by atoms with Crippen LogP contribution in [0.2, 0.25) is 0 Å². The molecule has 0 unspecified atom stereocenters. The van der Waals surface area contributed by atoms with Crippen molar-refractivity contribution in [3.8, 4) is 23.0 Å². The Balaban J connectivity index is 2.17. The molecule has 0 aliphatic heterocycles. The predicted molar refractivity (Wildman–Crippen MR) is 96.4 cm³/mol. The maximum Gasteiger partial charge on any atom is 0.175 e. The van der Waals surface area contributed by atoms with Crippen LogP contribution < -0.4 is 5.32 Å². The minimum atomic E-state index is -3.26. The largest absolute Gasteiger partial charge is 0.386 e. The molecule has 3 rings (SSSR count). The van der Waals surface area contributed by atoms with E-state index in [1.165, 1.54) is 6.26 Å². The lowest BCUT2D eigenvalue weighted by molar-refractivity contribution is 0.602. The molecule has 0 saturated heterocycles. The molecule has 3 aromatic rings. The maximum atomic E-state index is 11.6. The Hall–Kier alpha value is -3.11. The van der Waals surface area contributed by atoms with E-state index in [9.17, 15) is 13.7 Å². The average molecular weight is 352 g/mol. The number of hydrogen-bond donors (Lipinski definition) is 1. The first kappa shape index (κ1) is 16.7. The predicted octanol–water partition coefficient (Wildman–Crippen LogP) is 2.86. The van der Waals surface area contributed by atoms with E-state index >= 15 is 0 Å². The maximum absolute atomic E-state index is 11.6. The lowest BCUT2D eigenvalue weighted by Gasteiger charge is -2.12. The fourth-order valence-corrected chi connectivity index (χ4v) is 3.20. The molecule has 0 saturated carbocycles. The van der Waals surface area contributed by atoms with E-state index in [4.69, 9.17) is 0 Å². The zero-order chi connectivity index (χ0) is 18.0. The van der Waals surface area contributed by atoms with Crippen LogP contribution in [-0.4, -0.2) is 31.5 Å². The smallest absolute Gasteiger partial charge is 0.175 e. The quantitative estimate of drug-likeness (QED) is 0.780. The molecular formula is C18H16N4O2S. The van der Waals surface area contributed by atoms with Crippen molar-refractivity contribution in [3.63, 3.8) is 0 Å². The molecule has 1 aromatic heterocycles. The van der Waals surface area contributed by atoms with E-state index in [1.54, 1.807) is 35.0 Å². The van der Waals surface area contributed by atoms with Gasteiger partial charge in [-0.25, -0.2) is 13.1 Å². The van der Waals surface area contributed by atoms with Crippen LogP contribution in [0, 0.1) is 11.3 Å². The van der Waals surface area contributed by atoms with Crippen molar-refractivity contribution in [2.24, 2.45) is 0 Å². The highest BCUT2D eigenvalue weighted by atomic mass is 32.2. The van der Waals surface area contributed by atoms with E-state index in [1.807, 2.05) is 31.3 Å². The van der Waals surface area contributed by atoms with E-state index in [-0.39, 0.29) is 10.6 Å². The molecule has 0 aliphatic rings. The Kier molecular flexibility index (Phi) is 4.30. The van der Waals surface area contributed by atoms with Crippen molar-refractivity contribution in [2.45, 2.75) is 4.90 Å². The third-order valence-corrected chi connectivity index (χ3v) is 4.93. The molecule has 0 bridgehead atoms. The Morgan fingerprint density at radius 1 is 1.12 bits per heavy atom. The fourth-order valence-electron chi connectivity index (χ4n) is 2.57. The number of aromatic nitrogens is 2. The number of nitrogens with zero attached hydrogens (tertiary/aromatic N) is 3. The normalized spacial score (nSPS) is 11.1. The summed E-state index contributed by atoms with van der Waals surface area (Å²) in [4.78, 5) is 0.249. The SMILES string of the molecule is CNc1ccccc1-n1nc(C#N)cc1-c1ccc(S(C)(=O)=O)cc1. The van der Waals surface area contributed by atoms with Crippen molar-refractivity contribution >= 4 is 15.5 Å². The van der Waals surface area contributed by atoms with E-state index in [0.29, 0.717) is 5.69 Å². The third-order valence-electron chi connectivity index (χ3n) is 3.80. The molecule has 7 heteroatoms. The number of benzene rings is 2. The standard InChI is InChI=1S/C18H16N4O2S/c1-20-16-5-3-4-6-17(16)22-18(11-14(12-19)21-22)13-7-9-15(10-8-13)25(2,23)24/h3-11,20H,1-2H3. The summed E-state index contributed by atoms with van der Waals surface area (Å²) in [5, 5.41) is 16.7. The number of nitriles is 1. The van der Waals surface area contributed by atoms with Gasteiger partial charge in [-0.2, -0.15) is 10.4 Å². The Morgan fingerprint density at radius 3 is 2.40 bits per heavy atom. The van der Waals surface area contributed by atoms with E-state index in [0.717, 1.165) is 16.9 Å². The second-order valence-corrected chi connectivity index (χ2v) is 7.52. The fraction of sp³-hybridized carbons (Fsp3) is 0.111. The minimum Gasteiger partial charge on any atom is -0.386 e. The van der Waals surface area contributed by atoms with Crippen LogP contribution >= 0.6 is 0 Å². The van der Waals surface area contributed by atoms with Gasteiger partial charge < -0.3 is 5.32 Å². The van der Waals surface area contributed by atoms with Gasteiger partial charge in [0.25, 0.3) is 0 Å². The lowest BCUT2D eigenvalue weighted by atomic mass is 10.1. The Morgan fingerprint density at radius 2 is 1.80 bits per heavy atom. The second kappa shape index (κ2) is 6.42. The highest BCUT2D eigenvalue weighted by Crippen LogP contribution is 2.28. The molecule has 1 heterocycles. The summed E-state index contributed by atoms with van der Waals surface area (Å²) in [6, 6.07) is 17.9. The van der Waals surface area contributed by atoms with Crippen LogP contribution in [-0.2, 0) is 9.84 Å². The summed E-state index contributed by atoms with van der Waals surface area (Å²) < 4.78 is 24.9. The zero-order valence-corrected chi connectivity index (χ0v) is 14.6. The first-order valence-corrected chi connectivity index (χ1v) is 9.41. The Bertz CT molecular complexity index is 1060. The van der Waals surface area contributed by atoms with Gasteiger partial charge in [-0.3, -0.25) is 0 Å². The lowest BCUT2D eigenvalue weighted by Crippen LogP contribution is -2.04. The summed E-state index contributed by atoms with van der Waals surface area (Å²) in [6.45, 7) is 0. The van der Waals surface area contributed by atoms with Crippen LogP contribution in [0.25, 0.3) is 16.9 Å². The number of rotatable bonds is 4. The highest BCUT2D eigenvalue weighted by Gasteiger charge is 2.15. The summed E-state index contributed by atoms with van der Waals surface area (Å²) in [6.07, 6.45) is 1.17. The van der Waals surface area contributed by atoms with Gasteiger partial charge in [-0.15, -0.1) is 0 Å². The van der Waals surface area contributed by atoms with Crippen LogP contribution in [0.5, 0.6) is 0 Å². The number of sulfone groups is 1. The number of nitrogens with one attached hydrogen (secondary N) is 1. The molecule has 25 heavy (non-hydrogen) atoms. The second-order valence-electron chi connectivity index (χ2n) is 5.50. The van der Waals surface area contributed by atoms with Crippen molar-refractivity contribution in [3.05, 3.63) is 60.3 Å². The van der Waals surface area contributed by atoms with Crippen LogP contribution in [0.4, 0.5) is 5.69 Å². The molecule has 126 valence electrons. The summed E-state index contributed by atoms with van der Waals surface area (Å²) in [7, 11) is -1.45. The molecule has 0 atom stereocenters. The molecule has 0 spiro atoms. The van der Waals surface area contributed by atoms with Gasteiger partial charge in [-0.05, 0) is 24.3 Å². The van der Waals surface area contributed by atoms with Gasteiger partial charge in [0.15, 0.2) is 15.5 Å². The van der Waals surface area contributed by atoms with Crippen molar-refractivity contribution in [2.75, 3.05) is 18.6 Å². The van der Waals surface area contributed by atoms with E-state index < -0.39 is 9.84 Å². The first-order valence-electron chi connectivity index (χ1n) is 7.52. The van der Waals surface area contributed by atoms with Gasteiger partial charge in [-0.1, -0.05) is 24.3 Å². The van der Waals surface area contributed by atoms with Crippen molar-refractivity contribution in [1.29, 1.82) is 5.26 Å². The monoisotopic (exact) mass is 352 g/mol. The molecule has 0 amide bonds. The molecule has 0 fully saturated rings. The van der Waals surface area contributed by atoms with Gasteiger partial charge in [0, 0.05) is 24.9 Å². The molecule has 0 aliphatic carbocycles.